The number of likely N-dealkylation sites (N-methyl/N-ethyl adjacent to an activating group) is 1. The third-order valence-electron chi connectivity index (χ3n) is 5.41. The Morgan fingerprint density at radius 1 is 1.14 bits per heavy atom. The van der Waals surface area contributed by atoms with Gasteiger partial charge in [0.15, 0.2) is 0 Å². The Kier molecular flexibility index (Phi) is 5.67. The smallest absolute Gasteiger partial charge is 0.266 e. The number of benzene rings is 2. The Balaban J connectivity index is 1.89. The number of aromatic nitrogens is 2. The van der Waals surface area contributed by atoms with Crippen molar-refractivity contribution in [1.82, 2.24) is 19.4 Å². The number of para-hydroxylation sites is 1. The molecule has 2 heterocycles. The highest BCUT2D eigenvalue weighted by molar-refractivity contribution is 6.32. The number of hydrogen-bond donors (Lipinski definition) is 0. The second-order valence-electron chi connectivity index (χ2n) is 7.70. The van der Waals surface area contributed by atoms with E-state index < -0.39 is 5.82 Å². The van der Waals surface area contributed by atoms with Gasteiger partial charge in [-0.1, -0.05) is 23.7 Å². The minimum absolute atomic E-state index is 0.0717. The van der Waals surface area contributed by atoms with E-state index in [9.17, 15) is 9.18 Å². The molecule has 1 aliphatic rings. The lowest BCUT2D eigenvalue weighted by Gasteiger charge is -2.23. The third-order valence-corrected chi connectivity index (χ3v) is 5.70. The quantitative estimate of drug-likeness (QED) is 0.656. The molecular weight excluding hydrogens is 391 g/mol. The van der Waals surface area contributed by atoms with E-state index in [-0.39, 0.29) is 16.3 Å². The van der Waals surface area contributed by atoms with Gasteiger partial charge in [0.05, 0.1) is 22.5 Å². The van der Waals surface area contributed by atoms with Gasteiger partial charge in [-0.05, 0) is 63.3 Å². The van der Waals surface area contributed by atoms with E-state index in [0.717, 1.165) is 32.6 Å². The van der Waals surface area contributed by atoms with Crippen molar-refractivity contribution in [3.05, 3.63) is 69.0 Å². The average Bonchev–Trinajstić information content (AvgIpc) is 2.87. The summed E-state index contributed by atoms with van der Waals surface area (Å²) in [6.07, 6.45) is 1.04. The van der Waals surface area contributed by atoms with Crippen LogP contribution >= 0.6 is 11.6 Å². The molecule has 7 heteroatoms. The van der Waals surface area contributed by atoms with Crippen LogP contribution in [0.25, 0.3) is 16.6 Å². The van der Waals surface area contributed by atoms with Crippen LogP contribution in [0.2, 0.25) is 5.02 Å². The van der Waals surface area contributed by atoms with Crippen molar-refractivity contribution in [1.29, 1.82) is 0 Å². The molecule has 1 aromatic heterocycles. The molecule has 4 rings (SSSR count). The number of hydrogen-bond acceptors (Lipinski definition) is 4. The molecule has 1 fully saturated rings. The predicted octanol–water partition coefficient (Wildman–Crippen LogP) is 3.62. The van der Waals surface area contributed by atoms with Crippen molar-refractivity contribution in [3.63, 3.8) is 0 Å². The first-order valence-electron chi connectivity index (χ1n) is 9.81. The van der Waals surface area contributed by atoms with Gasteiger partial charge in [0.2, 0.25) is 0 Å². The molecule has 3 aromatic rings. The summed E-state index contributed by atoms with van der Waals surface area (Å²) in [6, 6.07) is 10.2. The lowest BCUT2D eigenvalue weighted by atomic mass is 10.2. The molecule has 0 bridgehead atoms. The van der Waals surface area contributed by atoms with E-state index in [1.165, 1.54) is 10.6 Å². The Labute approximate surface area is 174 Å². The minimum atomic E-state index is -0.522. The lowest BCUT2D eigenvalue weighted by molar-refractivity contribution is 0.261. The van der Waals surface area contributed by atoms with Crippen LogP contribution in [0.15, 0.2) is 41.2 Å². The van der Waals surface area contributed by atoms with E-state index in [1.54, 1.807) is 25.1 Å². The van der Waals surface area contributed by atoms with Crippen molar-refractivity contribution in [2.45, 2.75) is 19.9 Å². The predicted molar refractivity (Wildman–Crippen MR) is 114 cm³/mol. The van der Waals surface area contributed by atoms with Crippen LogP contribution in [-0.4, -0.2) is 52.6 Å². The molecule has 152 valence electrons. The third kappa shape index (κ3) is 4.06. The number of rotatable bonds is 3. The SMILES string of the molecule is Cc1cc(F)c(-n2c(CN3CCCN(C)CC3)nc3ccccc3c2=O)c(Cl)c1. The fourth-order valence-electron chi connectivity index (χ4n) is 3.88. The second kappa shape index (κ2) is 8.22. The monoisotopic (exact) mass is 414 g/mol. The molecule has 29 heavy (non-hydrogen) atoms. The number of fused-ring (bicyclic) bond motifs is 1. The summed E-state index contributed by atoms with van der Waals surface area (Å²) >= 11 is 6.40. The molecule has 0 atom stereocenters. The van der Waals surface area contributed by atoms with Gasteiger partial charge in [-0.2, -0.15) is 0 Å². The van der Waals surface area contributed by atoms with Crippen molar-refractivity contribution in [3.8, 4) is 5.69 Å². The van der Waals surface area contributed by atoms with Gasteiger partial charge in [0, 0.05) is 13.1 Å². The summed E-state index contributed by atoms with van der Waals surface area (Å²) in [4.78, 5) is 22.7. The highest BCUT2D eigenvalue weighted by Gasteiger charge is 2.21. The zero-order chi connectivity index (χ0) is 20.5. The molecule has 2 aromatic carbocycles. The number of aryl methyl sites for hydroxylation is 1. The van der Waals surface area contributed by atoms with Crippen LogP contribution in [-0.2, 0) is 6.54 Å². The standard InChI is InChI=1S/C22H24ClFN4O/c1-15-12-17(23)21(18(24)13-15)28-20(14-27-9-5-8-26(2)10-11-27)25-19-7-4-3-6-16(19)22(28)29/h3-4,6-7,12-13H,5,8-11,14H2,1-2H3. The first-order chi connectivity index (χ1) is 13.9. The molecular formula is C22H24ClFN4O. The Morgan fingerprint density at radius 3 is 2.72 bits per heavy atom. The number of nitrogens with zero attached hydrogens (tertiary/aromatic N) is 4. The van der Waals surface area contributed by atoms with E-state index in [4.69, 9.17) is 16.6 Å². The van der Waals surface area contributed by atoms with Crippen LogP contribution in [0.3, 0.4) is 0 Å². The fourth-order valence-corrected chi connectivity index (χ4v) is 4.23. The van der Waals surface area contributed by atoms with E-state index >= 15 is 0 Å². The maximum atomic E-state index is 15.0. The summed E-state index contributed by atoms with van der Waals surface area (Å²) in [7, 11) is 2.11. The maximum absolute atomic E-state index is 15.0. The van der Waals surface area contributed by atoms with Crippen LogP contribution in [0.5, 0.6) is 0 Å². The highest BCUT2D eigenvalue weighted by Crippen LogP contribution is 2.26. The van der Waals surface area contributed by atoms with Crippen LogP contribution in [0, 0.1) is 12.7 Å². The molecule has 0 aliphatic carbocycles. The second-order valence-corrected chi connectivity index (χ2v) is 8.10. The first-order valence-corrected chi connectivity index (χ1v) is 10.2. The topological polar surface area (TPSA) is 41.4 Å². The summed E-state index contributed by atoms with van der Waals surface area (Å²) < 4.78 is 16.3. The Bertz CT molecular complexity index is 1090. The molecule has 0 N–H and O–H groups in total. The summed E-state index contributed by atoms with van der Waals surface area (Å²) in [5, 5.41) is 0.654. The highest BCUT2D eigenvalue weighted by atomic mass is 35.5. The van der Waals surface area contributed by atoms with Crippen molar-refractivity contribution >= 4 is 22.5 Å². The molecule has 0 amide bonds. The molecule has 0 saturated carbocycles. The molecule has 0 spiro atoms. The molecule has 5 nitrogen and oxygen atoms in total. The molecule has 0 unspecified atom stereocenters. The average molecular weight is 415 g/mol. The first kappa shape index (κ1) is 20.0. The van der Waals surface area contributed by atoms with Crippen LogP contribution in [0.4, 0.5) is 4.39 Å². The largest absolute Gasteiger partial charge is 0.305 e. The van der Waals surface area contributed by atoms with E-state index in [0.29, 0.717) is 28.8 Å². The van der Waals surface area contributed by atoms with E-state index in [1.807, 2.05) is 12.1 Å². The Hall–Kier alpha value is -2.28. The summed E-state index contributed by atoms with van der Waals surface area (Å²) in [5.74, 6) is -0.0195. The summed E-state index contributed by atoms with van der Waals surface area (Å²) in [6.45, 7) is 5.97. The summed E-state index contributed by atoms with van der Waals surface area (Å²) in [5.41, 5.74) is 1.08. The molecule has 1 aliphatic heterocycles. The van der Waals surface area contributed by atoms with Crippen LogP contribution < -0.4 is 5.56 Å². The van der Waals surface area contributed by atoms with Gasteiger partial charge in [0.1, 0.15) is 17.3 Å². The van der Waals surface area contributed by atoms with E-state index in [2.05, 4.69) is 16.8 Å². The maximum Gasteiger partial charge on any atom is 0.266 e. The zero-order valence-electron chi connectivity index (χ0n) is 16.7. The van der Waals surface area contributed by atoms with Crippen molar-refractivity contribution < 1.29 is 4.39 Å². The van der Waals surface area contributed by atoms with Crippen molar-refractivity contribution in [2.24, 2.45) is 0 Å². The lowest BCUT2D eigenvalue weighted by Crippen LogP contribution is -2.33. The molecule has 0 radical (unpaired) electrons. The van der Waals surface area contributed by atoms with Crippen molar-refractivity contribution in [2.75, 3.05) is 33.2 Å². The normalized spacial score (nSPS) is 16.3. The zero-order valence-corrected chi connectivity index (χ0v) is 17.4. The van der Waals surface area contributed by atoms with Gasteiger partial charge in [0.25, 0.3) is 5.56 Å². The van der Waals surface area contributed by atoms with Crippen LogP contribution in [0.1, 0.15) is 17.8 Å². The fraction of sp³-hybridized carbons (Fsp3) is 0.364. The number of halogens is 2. The van der Waals surface area contributed by atoms with Gasteiger partial charge < -0.3 is 4.90 Å². The van der Waals surface area contributed by atoms with Gasteiger partial charge >= 0.3 is 0 Å². The van der Waals surface area contributed by atoms with Gasteiger partial charge in [-0.3, -0.25) is 14.3 Å². The molecule has 1 saturated heterocycles. The van der Waals surface area contributed by atoms with Gasteiger partial charge in [-0.25, -0.2) is 9.37 Å². The minimum Gasteiger partial charge on any atom is -0.305 e. The Morgan fingerprint density at radius 2 is 1.93 bits per heavy atom. The van der Waals surface area contributed by atoms with Gasteiger partial charge in [-0.15, -0.1) is 0 Å².